The Hall–Kier alpha value is -2.74. The molecule has 1 amide bonds. The Labute approximate surface area is 141 Å². The van der Waals surface area contributed by atoms with E-state index in [0.29, 0.717) is 17.9 Å². The highest BCUT2D eigenvalue weighted by atomic mass is 32.1. The summed E-state index contributed by atoms with van der Waals surface area (Å²) >= 11 is 1.45. The maximum Gasteiger partial charge on any atom is 0.309 e. The molecule has 0 unspecified atom stereocenters. The summed E-state index contributed by atoms with van der Waals surface area (Å²) in [5, 5.41) is 11.4. The van der Waals surface area contributed by atoms with Crippen LogP contribution in [-0.2, 0) is 4.79 Å². The van der Waals surface area contributed by atoms with Crippen molar-refractivity contribution in [3.05, 3.63) is 53.6 Å². The van der Waals surface area contributed by atoms with Crippen LogP contribution in [0.5, 0.6) is 0 Å². The van der Waals surface area contributed by atoms with Gasteiger partial charge in [-0.15, -0.1) is 11.3 Å². The summed E-state index contributed by atoms with van der Waals surface area (Å²) in [4.78, 5) is 35.2. The molecule has 122 valence electrons. The second-order valence-corrected chi connectivity index (χ2v) is 6.61. The molecule has 0 bridgehead atoms. The number of pyridine rings is 1. The molecule has 1 aliphatic rings. The lowest BCUT2D eigenvalue weighted by Gasteiger charge is -2.14. The lowest BCUT2D eigenvalue weighted by molar-refractivity contribution is -0.141. The molecule has 7 nitrogen and oxygen atoms in total. The van der Waals surface area contributed by atoms with Gasteiger partial charge in [0, 0.05) is 48.7 Å². The lowest BCUT2D eigenvalue weighted by Crippen LogP contribution is -2.30. The quantitative estimate of drug-likeness (QED) is 0.783. The summed E-state index contributed by atoms with van der Waals surface area (Å²) in [6.07, 6.45) is 5.16. The van der Waals surface area contributed by atoms with Gasteiger partial charge in [-0.1, -0.05) is 6.07 Å². The van der Waals surface area contributed by atoms with Crippen LogP contribution >= 0.6 is 11.3 Å². The van der Waals surface area contributed by atoms with Crippen LogP contribution in [0.4, 0.5) is 0 Å². The van der Waals surface area contributed by atoms with Crippen LogP contribution in [0.1, 0.15) is 22.1 Å². The number of fused-ring (bicyclic) bond motifs is 1. The van der Waals surface area contributed by atoms with Crippen molar-refractivity contribution in [2.75, 3.05) is 13.1 Å². The number of hydrogen-bond donors (Lipinski definition) is 1. The Morgan fingerprint density at radius 2 is 2.17 bits per heavy atom. The van der Waals surface area contributed by atoms with Gasteiger partial charge in [0.25, 0.3) is 5.91 Å². The zero-order chi connectivity index (χ0) is 16.7. The predicted octanol–water partition coefficient (Wildman–Crippen LogP) is 1.73. The Kier molecular flexibility index (Phi) is 3.53. The number of rotatable bonds is 3. The average Bonchev–Trinajstić information content (AvgIpc) is 3.28. The number of hydrogen-bond acceptors (Lipinski definition) is 5. The van der Waals surface area contributed by atoms with Crippen LogP contribution in [0.3, 0.4) is 0 Å². The summed E-state index contributed by atoms with van der Waals surface area (Å²) in [6.45, 7) is 0.499. The highest BCUT2D eigenvalue weighted by Crippen LogP contribution is 2.32. The standard InChI is InChI=1S/C16H14N4O3S/c21-14(13-9-19-5-6-24-16(19)18-13)20-7-10(11(8-20)15(22)23)12-3-1-2-4-17-12/h1-6,9-11H,7-8H2,(H,22,23)/t10-,11-/m1/s1. The number of likely N-dealkylation sites (tertiary alicyclic amines) is 1. The lowest BCUT2D eigenvalue weighted by atomic mass is 9.93. The van der Waals surface area contributed by atoms with Crippen molar-refractivity contribution in [3.8, 4) is 0 Å². The SMILES string of the molecule is O=C(O)[C@@H]1CN(C(=O)c2cn3ccsc3n2)C[C@H]1c1ccccn1. The molecule has 2 atom stereocenters. The molecule has 0 spiro atoms. The topological polar surface area (TPSA) is 87.8 Å². The van der Waals surface area contributed by atoms with Crippen molar-refractivity contribution in [2.24, 2.45) is 5.92 Å². The van der Waals surface area contributed by atoms with Crippen LogP contribution in [0.15, 0.2) is 42.2 Å². The second kappa shape index (κ2) is 5.72. The maximum absolute atomic E-state index is 12.7. The fraction of sp³-hybridized carbons (Fsp3) is 0.250. The minimum Gasteiger partial charge on any atom is -0.481 e. The third-order valence-electron chi connectivity index (χ3n) is 4.30. The fourth-order valence-corrected chi connectivity index (χ4v) is 3.81. The van der Waals surface area contributed by atoms with Gasteiger partial charge in [0.1, 0.15) is 5.69 Å². The smallest absolute Gasteiger partial charge is 0.309 e. The number of thiazole rings is 1. The Balaban J connectivity index is 1.61. The number of carboxylic acid groups (broad SMARTS) is 1. The van der Waals surface area contributed by atoms with Crippen molar-refractivity contribution in [1.82, 2.24) is 19.3 Å². The summed E-state index contributed by atoms with van der Waals surface area (Å²) < 4.78 is 1.79. The number of carbonyl (C=O) groups excluding carboxylic acids is 1. The van der Waals surface area contributed by atoms with Gasteiger partial charge in [0.15, 0.2) is 4.96 Å². The van der Waals surface area contributed by atoms with Crippen LogP contribution in [0.25, 0.3) is 4.96 Å². The van der Waals surface area contributed by atoms with Gasteiger partial charge < -0.3 is 10.0 Å². The van der Waals surface area contributed by atoms with E-state index >= 15 is 0 Å². The van der Waals surface area contributed by atoms with Crippen LogP contribution in [0.2, 0.25) is 0 Å². The molecular weight excluding hydrogens is 328 g/mol. The van der Waals surface area contributed by atoms with Gasteiger partial charge >= 0.3 is 5.97 Å². The van der Waals surface area contributed by atoms with Crippen LogP contribution in [0, 0.1) is 5.92 Å². The van der Waals surface area contributed by atoms with Crippen LogP contribution < -0.4 is 0 Å². The molecule has 0 radical (unpaired) electrons. The van der Waals surface area contributed by atoms with E-state index in [0.717, 1.165) is 4.96 Å². The van der Waals surface area contributed by atoms with E-state index in [1.165, 1.54) is 11.3 Å². The second-order valence-electron chi connectivity index (χ2n) is 5.73. The first-order chi connectivity index (χ1) is 11.6. The Morgan fingerprint density at radius 1 is 1.29 bits per heavy atom. The molecule has 1 saturated heterocycles. The van der Waals surface area contributed by atoms with E-state index in [9.17, 15) is 14.7 Å². The zero-order valence-corrected chi connectivity index (χ0v) is 13.4. The highest BCUT2D eigenvalue weighted by Gasteiger charge is 2.41. The first-order valence-electron chi connectivity index (χ1n) is 7.48. The molecular formula is C16H14N4O3S. The third-order valence-corrected chi connectivity index (χ3v) is 5.08. The number of aliphatic carboxylic acids is 1. The first-order valence-corrected chi connectivity index (χ1v) is 8.36. The van der Waals surface area contributed by atoms with Gasteiger partial charge in [-0.05, 0) is 12.1 Å². The molecule has 4 rings (SSSR count). The molecule has 24 heavy (non-hydrogen) atoms. The number of aromatic nitrogens is 3. The van der Waals surface area contributed by atoms with Crippen molar-refractivity contribution in [2.45, 2.75) is 5.92 Å². The van der Waals surface area contributed by atoms with Gasteiger partial charge in [0.2, 0.25) is 0 Å². The summed E-state index contributed by atoms with van der Waals surface area (Å²) in [6, 6.07) is 5.42. The molecule has 1 aliphatic heterocycles. The summed E-state index contributed by atoms with van der Waals surface area (Å²) in [5.41, 5.74) is 1.04. The number of imidazole rings is 1. The summed E-state index contributed by atoms with van der Waals surface area (Å²) in [7, 11) is 0. The number of nitrogens with zero attached hydrogens (tertiary/aromatic N) is 4. The summed E-state index contributed by atoms with van der Waals surface area (Å²) in [5.74, 6) is -2.12. The minimum atomic E-state index is -0.910. The van der Waals surface area contributed by atoms with E-state index in [1.807, 2.05) is 17.6 Å². The first kappa shape index (κ1) is 14.8. The molecule has 0 saturated carbocycles. The largest absolute Gasteiger partial charge is 0.481 e. The van der Waals surface area contributed by atoms with E-state index in [2.05, 4.69) is 9.97 Å². The third kappa shape index (κ3) is 2.44. The molecule has 0 aromatic carbocycles. The normalized spacial score (nSPS) is 20.6. The Morgan fingerprint density at radius 3 is 2.88 bits per heavy atom. The van der Waals surface area contributed by atoms with Crippen LogP contribution in [-0.4, -0.2) is 49.3 Å². The van der Waals surface area contributed by atoms with E-state index in [1.54, 1.807) is 33.8 Å². The van der Waals surface area contributed by atoms with Gasteiger partial charge in [-0.25, -0.2) is 4.98 Å². The molecule has 4 heterocycles. The average molecular weight is 342 g/mol. The predicted molar refractivity (Wildman–Crippen MR) is 87.1 cm³/mol. The van der Waals surface area contributed by atoms with Crippen molar-refractivity contribution >= 4 is 28.2 Å². The van der Waals surface area contributed by atoms with Crippen molar-refractivity contribution < 1.29 is 14.7 Å². The minimum absolute atomic E-state index is 0.167. The molecule has 0 aliphatic carbocycles. The molecule has 8 heteroatoms. The van der Waals surface area contributed by atoms with E-state index in [4.69, 9.17) is 0 Å². The van der Waals surface area contributed by atoms with E-state index in [-0.39, 0.29) is 18.4 Å². The number of carbonyl (C=O) groups is 2. The molecule has 1 fully saturated rings. The zero-order valence-electron chi connectivity index (χ0n) is 12.6. The maximum atomic E-state index is 12.7. The van der Waals surface area contributed by atoms with Gasteiger partial charge in [-0.2, -0.15) is 0 Å². The van der Waals surface area contributed by atoms with Gasteiger partial charge in [-0.3, -0.25) is 19.0 Å². The Bertz CT molecular complexity index is 876. The fourth-order valence-electron chi connectivity index (χ4n) is 3.11. The molecule has 3 aromatic rings. The monoisotopic (exact) mass is 342 g/mol. The van der Waals surface area contributed by atoms with E-state index < -0.39 is 11.9 Å². The molecule has 1 N–H and O–H groups in total. The number of carboxylic acids is 1. The number of amides is 1. The van der Waals surface area contributed by atoms with Crippen molar-refractivity contribution in [3.63, 3.8) is 0 Å². The van der Waals surface area contributed by atoms with Gasteiger partial charge in [0.05, 0.1) is 5.92 Å². The molecule has 3 aromatic heterocycles. The van der Waals surface area contributed by atoms with Crippen molar-refractivity contribution in [1.29, 1.82) is 0 Å². The highest BCUT2D eigenvalue weighted by molar-refractivity contribution is 7.15.